The highest BCUT2D eigenvalue weighted by Gasteiger charge is 2.36. The summed E-state index contributed by atoms with van der Waals surface area (Å²) in [7, 11) is 0. The second-order valence-electron chi connectivity index (χ2n) is 7.96. The Morgan fingerprint density at radius 1 is 1.18 bits per heavy atom. The van der Waals surface area contributed by atoms with Crippen LogP contribution in [0.25, 0.3) is 11.0 Å². The van der Waals surface area contributed by atoms with Gasteiger partial charge in [0.05, 0.1) is 24.2 Å². The van der Waals surface area contributed by atoms with Gasteiger partial charge in [0.25, 0.3) is 5.69 Å². The third-order valence-corrected chi connectivity index (χ3v) is 5.86. The number of nitro groups is 1. The Morgan fingerprint density at radius 3 is 2.79 bits per heavy atom. The van der Waals surface area contributed by atoms with Crippen molar-refractivity contribution in [1.29, 1.82) is 0 Å². The van der Waals surface area contributed by atoms with Crippen LogP contribution in [-0.2, 0) is 4.74 Å². The van der Waals surface area contributed by atoms with Crippen LogP contribution in [0.15, 0.2) is 63.5 Å². The summed E-state index contributed by atoms with van der Waals surface area (Å²) in [5.41, 5.74) is 1.70. The van der Waals surface area contributed by atoms with E-state index in [2.05, 4.69) is 4.90 Å². The molecule has 5 rings (SSSR count). The number of non-ortho nitro benzene ring substituents is 1. The Balaban J connectivity index is 1.40. The summed E-state index contributed by atoms with van der Waals surface area (Å²) >= 11 is 0. The molecule has 0 N–H and O–H groups in total. The molecule has 1 fully saturated rings. The zero-order valence-electron chi connectivity index (χ0n) is 18.0. The lowest BCUT2D eigenvalue weighted by molar-refractivity contribution is -0.384. The van der Waals surface area contributed by atoms with Gasteiger partial charge in [0.15, 0.2) is 0 Å². The first-order chi connectivity index (χ1) is 16.0. The molecule has 9 nitrogen and oxygen atoms in total. The zero-order chi connectivity index (χ0) is 22.9. The van der Waals surface area contributed by atoms with Gasteiger partial charge in [-0.15, -0.1) is 0 Å². The average Bonchev–Trinajstić information content (AvgIpc) is 3.16. The summed E-state index contributed by atoms with van der Waals surface area (Å²) in [6, 6.07) is 11.2. The van der Waals surface area contributed by atoms with Gasteiger partial charge in [-0.05, 0) is 36.8 Å². The minimum absolute atomic E-state index is 0.0288. The Labute approximate surface area is 188 Å². The molecule has 1 aromatic heterocycles. The van der Waals surface area contributed by atoms with Crippen LogP contribution < -0.4 is 15.1 Å². The molecular weight excluding hydrogens is 428 g/mol. The van der Waals surface area contributed by atoms with Gasteiger partial charge in [-0.3, -0.25) is 15.0 Å². The van der Waals surface area contributed by atoms with Crippen molar-refractivity contribution in [3.8, 4) is 11.5 Å². The summed E-state index contributed by atoms with van der Waals surface area (Å²) in [4.78, 5) is 24.8. The minimum Gasteiger partial charge on any atom is -0.489 e. The number of aryl methyl sites for hydroxylation is 1. The van der Waals surface area contributed by atoms with Crippen molar-refractivity contribution in [2.75, 3.05) is 32.9 Å². The largest absolute Gasteiger partial charge is 0.489 e. The molecule has 0 amide bonds. The Hall–Kier alpha value is -3.69. The number of nitrogens with zero attached hydrogens (tertiary/aromatic N) is 2. The maximum atomic E-state index is 11.7. The monoisotopic (exact) mass is 450 g/mol. The molecule has 0 spiro atoms. The van der Waals surface area contributed by atoms with Crippen LogP contribution in [0.3, 0.4) is 0 Å². The van der Waals surface area contributed by atoms with Gasteiger partial charge in [0, 0.05) is 48.3 Å². The fourth-order valence-corrected chi connectivity index (χ4v) is 4.27. The number of hydrogen-bond donors (Lipinski definition) is 0. The van der Waals surface area contributed by atoms with E-state index in [9.17, 15) is 14.9 Å². The first-order valence-corrected chi connectivity index (χ1v) is 10.6. The third-order valence-electron chi connectivity index (χ3n) is 5.86. The maximum Gasteiger partial charge on any atom is 0.336 e. The van der Waals surface area contributed by atoms with Crippen LogP contribution in [0, 0.1) is 17.0 Å². The topological polar surface area (TPSA) is 104 Å². The average molecular weight is 450 g/mol. The molecule has 2 aliphatic rings. The van der Waals surface area contributed by atoms with Crippen molar-refractivity contribution in [3.63, 3.8) is 0 Å². The number of benzene rings is 2. The van der Waals surface area contributed by atoms with Crippen LogP contribution >= 0.6 is 0 Å². The van der Waals surface area contributed by atoms with Crippen molar-refractivity contribution >= 4 is 16.7 Å². The molecule has 170 valence electrons. The number of nitro benzene ring substituents is 1. The van der Waals surface area contributed by atoms with Crippen molar-refractivity contribution in [2.24, 2.45) is 0 Å². The third kappa shape index (κ3) is 4.20. The molecule has 3 aromatic rings. The molecule has 2 aromatic carbocycles. The highest BCUT2D eigenvalue weighted by atomic mass is 16.6. The lowest BCUT2D eigenvalue weighted by Crippen LogP contribution is -2.39. The van der Waals surface area contributed by atoms with Gasteiger partial charge in [0.1, 0.15) is 29.4 Å². The van der Waals surface area contributed by atoms with E-state index in [0.29, 0.717) is 49.1 Å². The van der Waals surface area contributed by atoms with E-state index in [0.717, 1.165) is 16.5 Å². The fraction of sp³-hybridized carbons (Fsp3) is 0.292. The Bertz CT molecular complexity index is 1310. The van der Waals surface area contributed by atoms with Gasteiger partial charge in [0.2, 0.25) is 0 Å². The van der Waals surface area contributed by atoms with Crippen molar-refractivity contribution in [1.82, 2.24) is 4.90 Å². The smallest absolute Gasteiger partial charge is 0.336 e. The van der Waals surface area contributed by atoms with E-state index in [1.54, 1.807) is 18.2 Å². The fourth-order valence-electron chi connectivity index (χ4n) is 4.27. The van der Waals surface area contributed by atoms with Gasteiger partial charge in [-0.2, -0.15) is 0 Å². The van der Waals surface area contributed by atoms with Gasteiger partial charge < -0.3 is 18.6 Å². The van der Waals surface area contributed by atoms with Crippen LogP contribution in [0.1, 0.15) is 17.2 Å². The summed E-state index contributed by atoms with van der Waals surface area (Å²) in [6.07, 6.45) is 1.84. The molecule has 2 aliphatic heterocycles. The van der Waals surface area contributed by atoms with Gasteiger partial charge in [-0.25, -0.2) is 4.79 Å². The van der Waals surface area contributed by atoms with E-state index in [1.807, 2.05) is 25.1 Å². The Kier molecular flexibility index (Phi) is 5.57. The molecule has 0 saturated carbocycles. The maximum absolute atomic E-state index is 11.7. The molecule has 0 unspecified atom stereocenters. The van der Waals surface area contributed by atoms with E-state index in [1.165, 1.54) is 12.1 Å². The van der Waals surface area contributed by atoms with E-state index < -0.39 is 10.5 Å². The first kappa shape index (κ1) is 21.2. The van der Waals surface area contributed by atoms with Crippen molar-refractivity contribution in [2.45, 2.75) is 13.0 Å². The molecule has 0 aliphatic carbocycles. The lowest BCUT2D eigenvalue weighted by Gasteiger charge is -2.32. The normalized spacial score (nSPS) is 19.4. The molecular formula is C24H22N2O7. The van der Waals surface area contributed by atoms with E-state index in [4.69, 9.17) is 18.6 Å². The highest BCUT2D eigenvalue weighted by Crippen LogP contribution is 2.44. The van der Waals surface area contributed by atoms with E-state index >= 15 is 0 Å². The number of rotatable bonds is 5. The minimum atomic E-state index is -0.404. The molecule has 1 atom stereocenters. The molecule has 3 heterocycles. The Morgan fingerprint density at radius 2 is 2.00 bits per heavy atom. The quantitative estimate of drug-likeness (QED) is 0.329. The molecule has 33 heavy (non-hydrogen) atoms. The van der Waals surface area contributed by atoms with Crippen LogP contribution in [0.5, 0.6) is 11.5 Å². The number of ether oxygens (including phenoxy) is 3. The van der Waals surface area contributed by atoms with Crippen LogP contribution in [0.2, 0.25) is 0 Å². The second kappa shape index (κ2) is 8.68. The lowest BCUT2D eigenvalue weighted by atomic mass is 10.0. The first-order valence-electron chi connectivity index (χ1n) is 10.6. The second-order valence-corrected chi connectivity index (χ2v) is 7.96. The number of hydrogen-bond acceptors (Lipinski definition) is 8. The summed E-state index contributed by atoms with van der Waals surface area (Å²) < 4.78 is 22.7. The predicted molar refractivity (Wildman–Crippen MR) is 120 cm³/mol. The number of fused-ring (bicyclic) bond motifs is 2. The zero-order valence-corrected chi connectivity index (χ0v) is 18.0. The highest BCUT2D eigenvalue weighted by molar-refractivity contribution is 5.81. The van der Waals surface area contributed by atoms with Crippen LogP contribution in [-0.4, -0.2) is 42.7 Å². The van der Waals surface area contributed by atoms with Crippen molar-refractivity contribution < 1.29 is 23.6 Å². The summed E-state index contributed by atoms with van der Waals surface area (Å²) in [6.45, 7) is 4.64. The molecule has 9 heteroatoms. The van der Waals surface area contributed by atoms with Crippen LogP contribution in [0.4, 0.5) is 5.69 Å². The standard InChI is InChI=1S/C24H22N2O7/c1-15-12-23(27)33-22-14-17(3-4-18(15)22)31-9-6-21-24(25-7-10-30-11-8-25)19-13-16(26(28)29)2-5-20(19)32-21/h2-6,12-14,24H,7-11H2,1H3/b21-6+/t24-/m0/s1. The van der Waals surface area contributed by atoms with Gasteiger partial charge in [-0.1, -0.05) is 0 Å². The predicted octanol–water partition coefficient (Wildman–Crippen LogP) is 3.74. The van der Waals surface area contributed by atoms with E-state index in [-0.39, 0.29) is 18.3 Å². The molecule has 0 bridgehead atoms. The number of morpholine rings is 1. The SMILES string of the molecule is Cc1cc(=O)oc2cc(OC/C=C3/Oc4ccc([N+](=O)[O-])cc4[C@@H]3N3CCOCC3)ccc12. The summed E-state index contributed by atoms with van der Waals surface area (Å²) in [5, 5.41) is 12.1. The van der Waals surface area contributed by atoms with Gasteiger partial charge >= 0.3 is 5.63 Å². The molecule has 1 saturated heterocycles. The molecule has 0 radical (unpaired) electrons. The summed E-state index contributed by atoms with van der Waals surface area (Å²) in [5.74, 6) is 1.82. The van der Waals surface area contributed by atoms with Crippen molar-refractivity contribution in [3.05, 3.63) is 86.0 Å².